The minimum Gasteiger partial charge on any atom is -0.322 e. The maximum absolute atomic E-state index is 13.1. The predicted molar refractivity (Wildman–Crippen MR) is 69.2 cm³/mol. The highest BCUT2D eigenvalue weighted by Crippen LogP contribution is 2.28. The van der Waals surface area contributed by atoms with Gasteiger partial charge in [-0.05, 0) is 18.1 Å². The zero-order valence-corrected chi connectivity index (χ0v) is 11.0. The molecule has 0 spiro atoms. The quantitative estimate of drug-likeness (QED) is 0.921. The smallest absolute Gasteiger partial charge is 0.126 e. The normalized spacial score (nSPS) is 13.0. The van der Waals surface area contributed by atoms with Crippen molar-refractivity contribution in [1.82, 2.24) is 4.98 Å². The Labute approximate surface area is 108 Å². The fourth-order valence-electron chi connectivity index (χ4n) is 1.56. The molecule has 96 valence electrons. The summed E-state index contributed by atoms with van der Waals surface area (Å²) in [7, 11) is 0. The number of benzene rings is 1. The van der Waals surface area contributed by atoms with Crippen LogP contribution in [-0.4, -0.2) is 4.98 Å². The van der Waals surface area contributed by atoms with Crippen LogP contribution in [0.2, 0.25) is 0 Å². The van der Waals surface area contributed by atoms with E-state index >= 15 is 0 Å². The molecular weight excluding hydrogens is 254 g/mol. The molecule has 0 aliphatic rings. The van der Waals surface area contributed by atoms with E-state index in [0.29, 0.717) is 11.3 Å². The van der Waals surface area contributed by atoms with Gasteiger partial charge in [0.15, 0.2) is 0 Å². The van der Waals surface area contributed by atoms with Crippen LogP contribution in [0.5, 0.6) is 0 Å². The Hall–Kier alpha value is -1.33. The lowest BCUT2D eigenvalue weighted by Gasteiger charge is -2.11. The highest BCUT2D eigenvalue weighted by Gasteiger charge is 2.15. The lowest BCUT2D eigenvalue weighted by atomic mass is 10.1. The summed E-state index contributed by atoms with van der Waals surface area (Å²) < 4.78 is 26.2. The molecule has 0 radical (unpaired) electrons. The molecule has 1 aromatic heterocycles. The van der Waals surface area contributed by atoms with Gasteiger partial charge in [0.05, 0.1) is 11.7 Å². The Morgan fingerprint density at radius 2 is 1.78 bits per heavy atom. The fraction of sp³-hybridized carbons (Fsp3) is 0.308. The van der Waals surface area contributed by atoms with Gasteiger partial charge >= 0.3 is 0 Å². The van der Waals surface area contributed by atoms with E-state index in [9.17, 15) is 8.78 Å². The zero-order chi connectivity index (χ0) is 13.3. The Bertz CT molecular complexity index is 531. The maximum Gasteiger partial charge on any atom is 0.126 e. The standard InChI is InChI=1S/C13H14F2N2S/c1-7(2)12(16)13-17-11(6-18-13)8-3-9(14)5-10(15)4-8/h3-7,12H,16H2,1-2H3. The number of nitrogens with two attached hydrogens (primary N) is 1. The van der Waals surface area contributed by atoms with Crippen LogP contribution in [0.25, 0.3) is 11.3 Å². The van der Waals surface area contributed by atoms with Gasteiger partial charge in [-0.15, -0.1) is 11.3 Å². The molecule has 2 rings (SSSR count). The Balaban J connectivity index is 2.35. The minimum atomic E-state index is -0.604. The van der Waals surface area contributed by atoms with Gasteiger partial charge in [-0.1, -0.05) is 13.8 Å². The van der Waals surface area contributed by atoms with Crippen molar-refractivity contribution in [2.45, 2.75) is 19.9 Å². The summed E-state index contributed by atoms with van der Waals surface area (Å²) in [5.41, 5.74) is 6.98. The number of hydrogen-bond donors (Lipinski definition) is 1. The molecule has 1 unspecified atom stereocenters. The lowest BCUT2D eigenvalue weighted by molar-refractivity contribution is 0.512. The Morgan fingerprint density at radius 1 is 1.17 bits per heavy atom. The summed E-state index contributed by atoms with van der Waals surface area (Å²) in [5.74, 6) is -0.936. The molecule has 2 aromatic rings. The van der Waals surface area contributed by atoms with E-state index in [4.69, 9.17) is 5.73 Å². The number of hydrogen-bond acceptors (Lipinski definition) is 3. The first-order chi connectivity index (χ1) is 8.47. The summed E-state index contributed by atoms with van der Waals surface area (Å²) >= 11 is 1.41. The van der Waals surface area contributed by atoms with Crippen molar-refractivity contribution in [2.75, 3.05) is 0 Å². The molecule has 0 aliphatic heterocycles. The third-order valence-electron chi connectivity index (χ3n) is 2.68. The van der Waals surface area contributed by atoms with Crippen LogP contribution < -0.4 is 5.73 Å². The zero-order valence-electron chi connectivity index (χ0n) is 10.2. The Morgan fingerprint density at radius 3 is 2.33 bits per heavy atom. The molecule has 0 saturated heterocycles. The molecule has 1 heterocycles. The van der Waals surface area contributed by atoms with Gasteiger partial charge in [-0.25, -0.2) is 13.8 Å². The van der Waals surface area contributed by atoms with E-state index < -0.39 is 11.6 Å². The van der Waals surface area contributed by atoms with Crippen LogP contribution in [0.4, 0.5) is 8.78 Å². The van der Waals surface area contributed by atoms with E-state index in [2.05, 4.69) is 4.98 Å². The average molecular weight is 268 g/mol. The van der Waals surface area contributed by atoms with Gasteiger partial charge in [-0.2, -0.15) is 0 Å². The molecule has 5 heteroatoms. The topological polar surface area (TPSA) is 38.9 Å². The van der Waals surface area contributed by atoms with Crippen LogP contribution in [-0.2, 0) is 0 Å². The van der Waals surface area contributed by atoms with E-state index in [1.54, 1.807) is 5.38 Å². The number of thiazole rings is 1. The predicted octanol–water partition coefficient (Wildman–Crippen LogP) is 3.74. The first-order valence-corrected chi connectivity index (χ1v) is 6.53. The first-order valence-electron chi connectivity index (χ1n) is 5.65. The average Bonchev–Trinajstić information content (AvgIpc) is 2.75. The van der Waals surface area contributed by atoms with Crippen molar-refractivity contribution in [2.24, 2.45) is 11.7 Å². The monoisotopic (exact) mass is 268 g/mol. The molecule has 0 bridgehead atoms. The van der Waals surface area contributed by atoms with Crippen LogP contribution in [0.1, 0.15) is 24.9 Å². The molecule has 2 nitrogen and oxygen atoms in total. The largest absolute Gasteiger partial charge is 0.322 e. The molecule has 0 fully saturated rings. The molecular formula is C13H14F2N2S. The molecule has 1 atom stereocenters. The fourth-order valence-corrected chi connectivity index (χ4v) is 2.56. The van der Waals surface area contributed by atoms with Crippen molar-refractivity contribution < 1.29 is 8.78 Å². The van der Waals surface area contributed by atoms with Crippen molar-refractivity contribution in [3.63, 3.8) is 0 Å². The van der Waals surface area contributed by atoms with Crippen LogP contribution in [0.15, 0.2) is 23.6 Å². The van der Waals surface area contributed by atoms with Crippen LogP contribution in [0.3, 0.4) is 0 Å². The molecule has 18 heavy (non-hydrogen) atoms. The molecule has 2 N–H and O–H groups in total. The van der Waals surface area contributed by atoms with E-state index in [1.165, 1.54) is 23.5 Å². The van der Waals surface area contributed by atoms with Gasteiger partial charge in [0.1, 0.15) is 16.6 Å². The van der Waals surface area contributed by atoms with Gasteiger partial charge in [-0.3, -0.25) is 0 Å². The highest BCUT2D eigenvalue weighted by molar-refractivity contribution is 7.10. The summed E-state index contributed by atoms with van der Waals surface area (Å²) in [6.45, 7) is 4.02. The summed E-state index contributed by atoms with van der Waals surface area (Å²) in [6, 6.07) is 3.23. The summed E-state index contributed by atoms with van der Waals surface area (Å²) in [5, 5.41) is 2.55. The second-order valence-corrected chi connectivity index (χ2v) is 5.39. The second kappa shape index (κ2) is 5.12. The van der Waals surface area contributed by atoms with Gasteiger partial charge in [0.25, 0.3) is 0 Å². The number of halogens is 2. The Kier molecular flexibility index (Phi) is 3.73. The summed E-state index contributed by atoms with van der Waals surface area (Å²) in [6.07, 6.45) is 0. The SMILES string of the molecule is CC(C)C(N)c1nc(-c2cc(F)cc(F)c2)cs1. The van der Waals surface area contributed by atoms with Gasteiger partial charge in [0, 0.05) is 17.0 Å². The van der Waals surface area contributed by atoms with Crippen molar-refractivity contribution >= 4 is 11.3 Å². The number of rotatable bonds is 3. The summed E-state index contributed by atoms with van der Waals surface area (Å²) in [4.78, 5) is 4.34. The van der Waals surface area contributed by atoms with E-state index in [1.807, 2.05) is 13.8 Å². The van der Waals surface area contributed by atoms with E-state index in [-0.39, 0.29) is 12.0 Å². The van der Waals surface area contributed by atoms with Gasteiger partial charge < -0.3 is 5.73 Å². The van der Waals surface area contributed by atoms with Crippen LogP contribution >= 0.6 is 11.3 Å². The van der Waals surface area contributed by atoms with Gasteiger partial charge in [0.2, 0.25) is 0 Å². The third kappa shape index (κ3) is 2.73. The molecule has 1 aromatic carbocycles. The van der Waals surface area contributed by atoms with Crippen molar-refractivity contribution in [3.8, 4) is 11.3 Å². The van der Waals surface area contributed by atoms with Crippen molar-refractivity contribution in [1.29, 1.82) is 0 Å². The number of aromatic nitrogens is 1. The molecule has 0 saturated carbocycles. The third-order valence-corrected chi connectivity index (χ3v) is 3.63. The second-order valence-electron chi connectivity index (χ2n) is 4.50. The van der Waals surface area contributed by atoms with Crippen molar-refractivity contribution in [3.05, 3.63) is 40.2 Å². The molecule has 0 amide bonds. The lowest BCUT2D eigenvalue weighted by Crippen LogP contribution is -2.16. The maximum atomic E-state index is 13.1. The van der Waals surface area contributed by atoms with Crippen LogP contribution in [0, 0.1) is 17.6 Å². The highest BCUT2D eigenvalue weighted by atomic mass is 32.1. The molecule has 0 aliphatic carbocycles. The first kappa shape index (κ1) is 13.1. The minimum absolute atomic E-state index is 0.151. The number of nitrogens with zero attached hydrogens (tertiary/aromatic N) is 1. The van der Waals surface area contributed by atoms with E-state index in [0.717, 1.165) is 11.1 Å².